The molecule has 0 fully saturated rings. The van der Waals surface area contributed by atoms with Crippen molar-refractivity contribution in [2.45, 2.75) is 26.2 Å². The molecular weight excluding hydrogens is 326 g/mol. The zero-order chi connectivity index (χ0) is 16.8. The van der Waals surface area contributed by atoms with Crippen molar-refractivity contribution >= 4 is 25.6 Å². The molecular formula is C17H18ClN3OSi. The standard InChI is InChI=1S/C17H18ClN3OSi/c1-20-10-12-13(18)6-5-7-15(12)21-11-19-14(16(21)17(20)22)8-9-23(2,3)4/h5-7,11H,10H2,1-4H3. The Hall–Kier alpha value is -2.03. The fourth-order valence-corrected chi connectivity index (χ4v) is 3.22. The van der Waals surface area contributed by atoms with Crippen LogP contribution in [0.5, 0.6) is 0 Å². The van der Waals surface area contributed by atoms with Crippen LogP contribution in [0, 0.1) is 11.5 Å². The number of carbonyl (C=O) groups excluding carboxylic acids is 1. The highest BCUT2D eigenvalue weighted by molar-refractivity contribution is 6.83. The molecule has 1 aliphatic heterocycles. The Morgan fingerprint density at radius 3 is 2.74 bits per heavy atom. The van der Waals surface area contributed by atoms with E-state index < -0.39 is 8.07 Å². The molecule has 0 bridgehead atoms. The van der Waals surface area contributed by atoms with E-state index >= 15 is 0 Å². The number of benzene rings is 1. The Bertz CT molecular complexity index is 855. The Kier molecular flexibility index (Phi) is 3.83. The summed E-state index contributed by atoms with van der Waals surface area (Å²) in [5.41, 5.74) is 6.14. The number of hydrogen-bond acceptors (Lipinski definition) is 2. The van der Waals surface area contributed by atoms with Crippen molar-refractivity contribution in [3.8, 4) is 17.2 Å². The Balaban J connectivity index is 2.24. The van der Waals surface area contributed by atoms with Gasteiger partial charge in [0.05, 0.1) is 5.69 Å². The van der Waals surface area contributed by atoms with Crippen LogP contribution >= 0.6 is 11.6 Å². The van der Waals surface area contributed by atoms with Crippen LogP contribution in [0.25, 0.3) is 5.69 Å². The van der Waals surface area contributed by atoms with Gasteiger partial charge in [-0.05, 0) is 12.1 Å². The normalized spacial score (nSPS) is 13.8. The molecule has 1 aromatic carbocycles. The topological polar surface area (TPSA) is 38.1 Å². The number of nitrogens with zero attached hydrogens (tertiary/aromatic N) is 3. The lowest BCUT2D eigenvalue weighted by atomic mass is 10.1. The molecule has 3 rings (SSSR count). The second-order valence-electron chi connectivity index (χ2n) is 6.71. The van der Waals surface area contributed by atoms with Crippen LogP contribution in [-0.2, 0) is 6.54 Å². The smallest absolute Gasteiger partial charge is 0.273 e. The molecule has 0 unspecified atom stereocenters. The summed E-state index contributed by atoms with van der Waals surface area (Å²) in [7, 11) is 0.224. The summed E-state index contributed by atoms with van der Waals surface area (Å²) in [5.74, 6) is 3.03. The third kappa shape index (κ3) is 2.92. The van der Waals surface area contributed by atoms with Gasteiger partial charge in [-0.2, -0.15) is 0 Å². The summed E-state index contributed by atoms with van der Waals surface area (Å²) in [6, 6.07) is 5.68. The fraction of sp³-hybridized carbons (Fsp3) is 0.294. The van der Waals surface area contributed by atoms with Crippen molar-refractivity contribution in [1.82, 2.24) is 14.5 Å². The SMILES string of the molecule is CN1Cc2c(Cl)cccc2-n2cnc(C#C[Si](C)(C)C)c2C1=O. The summed E-state index contributed by atoms with van der Waals surface area (Å²) in [4.78, 5) is 18.8. The van der Waals surface area contributed by atoms with Gasteiger partial charge >= 0.3 is 0 Å². The van der Waals surface area contributed by atoms with Crippen LogP contribution in [0.3, 0.4) is 0 Å². The van der Waals surface area contributed by atoms with Gasteiger partial charge in [0.1, 0.15) is 25.8 Å². The number of carbonyl (C=O) groups is 1. The molecule has 0 radical (unpaired) electrons. The number of rotatable bonds is 0. The molecule has 0 saturated carbocycles. The minimum Gasteiger partial charge on any atom is -0.336 e. The molecule has 23 heavy (non-hydrogen) atoms. The van der Waals surface area contributed by atoms with Crippen LogP contribution in [0.4, 0.5) is 0 Å². The van der Waals surface area contributed by atoms with Crippen molar-refractivity contribution in [1.29, 1.82) is 0 Å². The number of hydrogen-bond donors (Lipinski definition) is 0. The minimum atomic E-state index is -1.55. The van der Waals surface area contributed by atoms with Crippen molar-refractivity contribution in [2.24, 2.45) is 0 Å². The quantitative estimate of drug-likeness (QED) is 0.543. The second-order valence-corrected chi connectivity index (χ2v) is 11.9. The summed E-state index contributed by atoms with van der Waals surface area (Å²) in [6.07, 6.45) is 1.66. The summed E-state index contributed by atoms with van der Waals surface area (Å²) < 4.78 is 1.81. The summed E-state index contributed by atoms with van der Waals surface area (Å²) in [5, 5.41) is 0.651. The molecule has 1 amide bonds. The largest absolute Gasteiger partial charge is 0.336 e. The molecule has 2 heterocycles. The molecule has 6 heteroatoms. The summed E-state index contributed by atoms with van der Waals surface area (Å²) >= 11 is 6.33. The molecule has 0 aliphatic carbocycles. The second kappa shape index (κ2) is 5.55. The monoisotopic (exact) mass is 343 g/mol. The van der Waals surface area contributed by atoms with Gasteiger partial charge in [0, 0.05) is 24.2 Å². The van der Waals surface area contributed by atoms with E-state index in [1.807, 2.05) is 18.2 Å². The van der Waals surface area contributed by atoms with Gasteiger partial charge in [0.2, 0.25) is 0 Å². The van der Waals surface area contributed by atoms with E-state index in [-0.39, 0.29) is 5.91 Å². The zero-order valence-electron chi connectivity index (χ0n) is 13.6. The van der Waals surface area contributed by atoms with Gasteiger partial charge in [-0.15, -0.1) is 5.54 Å². The van der Waals surface area contributed by atoms with E-state index in [9.17, 15) is 4.79 Å². The highest BCUT2D eigenvalue weighted by atomic mass is 35.5. The number of fused-ring (bicyclic) bond motifs is 3. The van der Waals surface area contributed by atoms with Crippen molar-refractivity contribution in [3.63, 3.8) is 0 Å². The lowest BCUT2D eigenvalue weighted by molar-refractivity contribution is 0.0782. The lowest BCUT2D eigenvalue weighted by Crippen LogP contribution is -2.26. The van der Waals surface area contributed by atoms with Crippen LogP contribution in [-0.4, -0.2) is 35.5 Å². The van der Waals surface area contributed by atoms with Crippen LogP contribution in [0.15, 0.2) is 24.5 Å². The van der Waals surface area contributed by atoms with E-state index in [1.165, 1.54) is 0 Å². The first-order valence-electron chi connectivity index (χ1n) is 7.41. The highest BCUT2D eigenvalue weighted by Gasteiger charge is 2.28. The van der Waals surface area contributed by atoms with Crippen LogP contribution < -0.4 is 0 Å². The van der Waals surface area contributed by atoms with E-state index in [2.05, 4.69) is 36.1 Å². The van der Waals surface area contributed by atoms with Crippen molar-refractivity contribution in [3.05, 3.63) is 46.5 Å². The highest BCUT2D eigenvalue weighted by Crippen LogP contribution is 2.30. The Labute approximate surface area is 142 Å². The van der Waals surface area contributed by atoms with Crippen LogP contribution in [0.2, 0.25) is 24.7 Å². The Morgan fingerprint density at radius 2 is 2.04 bits per heavy atom. The van der Waals surface area contributed by atoms with E-state index in [4.69, 9.17) is 11.6 Å². The third-order valence-corrected chi connectivity index (χ3v) is 4.85. The molecule has 0 atom stereocenters. The van der Waals surface area contributed by atoms with Gasteiger partial charge in [0.25, 0.3) is 5.91 Å². The van der Waals surface area contributed by atoms with Gasteiger partial charge in [-0.1, -0.05) is 43.2 Å². The van der Waals surface area contributed by atoms with E-state index in [0.717, 1.165) is 11.3 Å². The first kappa shape index (κ1) is 15.8. The predicted octanol–water partition coefficient (Wildman–Crippen LogP) is 3.34. The van der Waals surface area contributed by atoms with Gasteiger partial charge < -0.3 is 4.90 Å². The lowest BCUT2D eigenvalue weighted by Gasteiger charge is -2.15. The van der Waals surface area contributed by atoms with Gasteiger partial charge in [-0.25, -0.2) is 4.98 Å². The average Bonchev–Trinajstić information content (AvgIpc) is 2.85. The number of aromatic nitrogens is 2. The van der Waals surface area contributed by atoms with Gasteiger partial charge in [-0.3, -0.25) is 9.36 Å². The molecule has 0 N–H and O–H groups in total. The molecule has 4 nitrogen and oxygen atoms in total. The first-order valence-corrected chi connectivity index (χ1v) is 11.3. The van der Waals surface area contributed by atoms with Crippen molar-refractivity contribution < 1.29 is 4.79 Å². The molecule has 0 saturated heterocycles. The number of halogens is 1. The third-order valence-electron chi connectivity index (χ3n) is 3.62. The molecule has 118 valence electrons. The molecule has 0 spiro atoms. The van der Waals surface area contributed by atoms with E-state index in [1.54, 1.807) is 22.8 Å². The van der Waals surface area contributed by atoms with Gasteiger partial charge in [0.15, 0.2) is 0 Å². The minimum absolute atomic E-state index is 0.0883. The predicted molar refractivity (Wildman–Crippen MR) is 94.6 cm³/mol. The summed E-state index contributed by atoms with van der Waals surface area (Å²) in [6.45, 7) is 6.96. The molecule has 1 aliphatic rings. The maximum absolute atomic E-state index is 12.8. The molecule has 2 aromatic rings. The van der Waals surface area contributed by atoms with Crippen molar-refractivity contribution in [2.75, 3.05) is 7.05 Å². The number of amides is 1. The maximum atomic E-state index is 12.8. The average molecular weight is 344 g/mol. The fourth-order valence-electron chi connectivity index (χ4n) is 2.49. The molecule has 1 aromatic heterocycles. The number of imidazole rings is 1. The Morgan fingerprint density at radius 1 is 1.30 bits per heavy atom. The first-order chi connectivity index (χ1) is 10.8. The zero-order valence-corrected chi connectivity index (χ0v) is 15.4. The van der Waals surface area contributed by atoms with E-state index in [0.29, 0.717) is 23.0 Å². The van der Waals surface area contributed by atoms with Crippen LogP contribution in [0.1, 0.15) is 21.7 Å². The maximum Gasteiger partial charge on any atom is 0.273 e.